The lowest BCUT2D eigenvalue weighted by Crippen LogP contribution is -2.32. The van der Waals surface area contributed by atoms with E-state index in [-0.39, 0.29) is 11.8 Å². The number of ether oxygens (including phenoxy) is 2. The third kappa shape index (κ3) is 3.20. The number of alkyl carbamates (subject to hydrolysis) is 1. The molecular weight excluding hydrogens is 320 g/mol. The highest BCUT2D eigenvalue weighted by Crippen LogP contribution is 2.36. The van der Waals surface area contributed by atoms with Crippen LogP contribution in [-0.4, -0.2) is 23.1 Å². The number of hydrogen-bond acceptors (Lipinski definition) is 5. The normalized spacial score (nSPS) is 22.1. The second-order valence-corrected chi connectivity index (χ2v) is 6.30. The van der Waals surface area contributed by atoms with Crippen LogP contribution in [0.2, 0.25) is 0 Å². The minimum atomic E-state index is -0.782. The number of aromatic nitrogens is 1. The van der Waals surface area contributed by atoms with Gasteiger partial charge in [-0.05, 0) is 36.5 Å². The highest BCUT2D eigenvalue weighted by atomic mass is 16.6. The molecule has 1 aliphatic carbocycles. The lowest BCUT2D eigenvalue weighted by molar-refractivity contribution is -0.124. The molecule has 6 nitrogen and oxygen atoms in total. The van der Waals surface area contributed by atoms with Gasteiger partial charge in [0.1, 0.15) is 12.4 Å². The van der Waals surface area contributed by atoms with E-state index in [4.69, 9.17) is 9.47 Å². The Hall–Kier alpha value is -2.89. The Kier molecular flexibility index (Phi) is 4.09. The molecule has 2 atom stereocenters. The Bertz CT molecular complexity index is 806. The van der Waals surface area contributed by atoms with Crippen LogP contribution in [0.3, 0.4) is 0 Å². The Morgan fingerprint density at radius 1 is 1.24 bits per heavy atom. The molecule has 0 spiro atoms. The Morgan fingerprint density at radius 2 is 2.08 bits per heavy atom. The fourth-order valence-electron chi connectivity index (χ4n) is 3.43. The summed E-state index contributed by atoms with van der Waals surface area (Å²) in [6.45, 7) is 0.480. The molecule has 2 amide bonds. The van der Waals surface area contributed by atoms with Gasteiger partial charge in [0.2, 0.25) is 0 Å². The molecule has 1 saturated heterocycles. The van der Waals surface area contributed by atoms with Crippen LogP contribution in [0.25, 0.3) is 0 Å². The van der Waals surface area contributed by atoms with Gasteiger partial charge in [-0.15, -0.1) is 0 Å². The predicted molar refractivity (Wildman–Crippen MR) is 89.1 cm³/mol. The first-order chi connectivity index (χ1) is 12.2. The fourth-order valence-corrected chi connectivity index (χ4v) is 3.43. The summed E-state index contributed by atoms with van der Waals surface area (Å²) in [5.74, 6) is 0.128. The number of imide groups is 1. The summed E-state index contributed by atoms with van der Waals surface area (Å²) in [7, 11) is 0. The van der Waals surface area contributed by atoms with Gasteiger partial charge in [-0.25, -0.2) is 4.79 Å². The molecular formula is C19H18N2O4. The molecule has 4 rings (SSSR count). The van der Waals surface area contributed by atoms with E-state index in [1.807, 2.05) is 36.4 Å². The van der Waals surface area contributed by atoms with Gasteiger partial charge in [0.15, 0.2) is 6.10 Å². The summed E-state index contributed by atoms with van der Waals surface area (Å²) in [6, 6.07) is 11.9. The van der Waals surface area contributed by atoms with Crippen LogP contribution in [-0.2, 0) is 22.6 Å². The zero-order valence-electron chi connectivity index (χ0n) is 13.6. The number of pyridine rings is 1. The van der Waals surface area contributed by atoms with Crippen LogP contribution < -0.4 is 10.1 Å². The molecule has 2 aliphatic rings. The molecule has 1 aromatic carbocycles. The van der Waals surface area contributed by atoms with Crippen molar-refractivity contribution in [2.75, 3.05) is 0 Å². The first kappa shape index (κ1) is 15.6. The van der Waals surface area contributed by atoms with Gasteiger partial charge < -0.3 is 9.47 Å². The van der Waals surface area contributed by atoms with Crippen molar-refractivity contribution in [3.63, 3.8) is 0 Å². The van der Waals surface area contributed by atoms with Gasteiger partial charge in [0.05, 0.1) is 11.9 Å². The quantitative estimate of drug-likeness (QED) is 0.927. The summed E-state index contributed by atoms with van der Waals surface area (Å²) in [5.41, 5.74) is 2.97. The second kappa shape index (κ2) is 6.55. The molecule has 1 fully saturated rings. The van der Waals surface area contributed by atoms with E-state index in [1.165, 1.54) is 0 Å². The summed E-state index contributed by atoms with van der Waals surface area (Å²) >= 11 is 0. The van der Waals surface area contributed by atoms with E-state index < -0.39 is 12.2 Å². The van der Waals surface area contributed by atoms with Crippen molar-refractivity contribution in [3.05, 3.63) is 59.4 Å². The number of fused-ring (bicyclic) bond motifs is 1. The van der Waals surface area contributed by atoms with Crippen LogP contribution >= 0.6 is 0 Å². The number of carbonyl (C=O) groups is 2. The molecule has 128 valence electrons. The molecule has 0 bridgehead atoms. The molecule has 6 heteroatoms. The van der Waals surface area contributed by atoms with Crippen molar-refractivity contribution in [1.82, 2.24) is 10.3 Å². The maximum atomic E-state index is 11.9. The number of amides is 2. The average Bonchev–Trinajstić information content (AvgIpc) is 2.98. The Labute approximate surface area is 145 Å². The standard InChI is InChI=1S/C19H18N2O4/c22-18-17(25-19(23)21-18)15-8-4-7-13-9-14(10-20-16(13)15)24-11-12-5-2-1-3-6-12/h1-3,5-6,9-10,15,17H,4,7-8,11H2,(H,21,22,23)/t15-,17?/m1/s1. The van der Waals surface area contributed by atoms with Crippen LogP contribution in [0.5, 0.6) is 5.75 Å². The highest BCUT2D eigenvalue weighted by molar-refractivity contribution is 6.00. The Balaban J connectivity index is 1.52. The number of benzene rings is 1. The van der Waals surface area contributed by atoms with E-state index in [0.29, 0.717) is 12.4 Å². The smallest absolute Gasteiger partial charge is 0.414 e. The van der Waals surface area contributed by atoms with Crippen LogP contribution in [0.1, 0.15) is 35.6 Å². The number of nitrogens with one attached hydrogen (secondary N) is 1. The minimum absolute atomic E-state index is 0.196. The van der Waals surface area contributed by atoms with E-state index in [1.54, 1.807) is 6.20 Å². The average molecular weight is 338 g/mol. The highest BCUT2D eigenvalue weighted by Gasteiger charge is 2.41. The van der Waals surface area contributed by atoms with E-state index in [2.05, 4.69) is 10.3 Å². The number of carbonyl (C=O) groups excluding carboxylic acids is 2. The molecule has 1 aromatic heterocycles. The predicted octanol–water partition coefficient (Wildman–Crippen LogP) is 2.72. The summed E-state index contributed by atoms with van der Waals surface area (Å²) < 4.78 is 11.0. The van der Waals surface area contributed by atoms with Crippen molar-refractivity contribution in [2.45, 2.75) is 37.9 Å². The summed E-state index contributed by atoms with van der Waals surface area (Å²) in [4.78, 5) is 27.7. The van der Waals surface area contributed by atoms with Crippen molar-refractivity contribution < 1.29 is 19.1 Å². The van der Waals surface area contributed by atoms with Crippen molar-refractivity contribution in [3.8, 4) is 5.75 Å². The number of cyclic esters (lactones) is 1. The maximum absolute atomic E-state index is 11.9. The van der Waals surface area contributed by atoms with Crippen molar-refractivity contribution in [2.24, 2.45) is 0 Å². The third-order valence-corrected chi connectivity index (χ3v) is 4.62. The molecule has 0 radical (unpaired) electrons. The minimum Gasteiger partial charge on any atom is -0.487 e. The lowest BCUT2D eigenvalue weighted by atomic mass is 9.83. The summed E-state index contributed by atoms with van der Waals surface area (Å²) in [5, 5.41) is 2.19. The van der Waals surface area contributed by atoms with Crippen LogP contribution in [0, 0.1) is 0 Å². The zero-order valence-corrected chi connectivity index (χ0v) is 13.6. The molecule has 2 aromatic rings. The van der Waals surface area contributed by atoms with E-state index >= 15 is 0 Å². The van der Waals surface area contributed by atoms with Gasteiger partial charge in [0, 0.05) is 5.92 Å². The second-order valence-electron chi connectivity index (χ2n) is 6.30. The van der Waals surface area contributed by atoms with Crippen molar-refractivity contribution >= 4 is 12.0 Å². The zero-order chi connectivity index (χ0) is 17.2. The van der Waals surface area contributed by atoms with E-state index in [9.17, 15) is 9.59 Å². The number of hydrogen-bond donors (Lipinski definition) is 1. The first-order valence-electron chi connectivity index (χ1n) is 8.38. The third-order valence-electron chi connectivity index (χ3n) is 4.62. The van der Waals surface area contributed by atoms with Gasteiger partial charge in [-0.2, -0.15) is 0 Å². The van der Waals surface area contributed by atoms with Gasteiger partial charge in [0.25, 0.3) is 5.91 Å². The molecule has 1 unspecified atom stereocenters. The van der Waals surface area contributed by atoms with Gasteiger partial charge in [-0.1, -0.05) is 30.3 Å². The van der Waals surface area contributed by atoms with Gasteiger partial charge >= 0.3 is 6.09 Å². The SMILES string of the molecule is O=C1NC(=O)C([C@@H]2CCCc3cc(OCc4ccccc4)cnc32)O1. The summed E-state index contributed by atoms with van der Waals surface area (Å²) in [6.07, 6.45) is 2.79. The number of aryl methyl sites for hydroxylation is 1. The largest absolute Gasteiger partial charge is 0.487 e. The number of nitrogens with zero attached hydrogens (tertiary/aromatic N) is 1. The molecule has 25 heavy (non-hydrogen) atoms. The molecule has 1 aliphatic heterocycles. The van der Waals surface area contributed by atoms with Crippen LogP contribution in [0.15, 0.2) is 42.6 Å². The Morgan fingerprint density at radius 3 is 2.84 bits per heavy atom. The maximum Gasteiger partial charge on any atom is 0.414 e. The lowest BCUT2D eigenvalue weighted by Gasteiger charge is -2.26. The first-order valence-corrected chi connectivity index (χ1v) is 8.38. The number of rotatable bonds is 4. The monoisotopic (exact) mass is 338 g/mol. The molecule has 0 saturated carbocycles. The van der Waals surface area contributed by atoms with Gasteiger partial charge in [-0.3, -0.25) is 15.1 Å². The van der Waals surface area contributed by atoms with Crippen LogP contribution in [0.4, 0.5) is 4.79 Å². The topological polar surface area (TPSA) is 77.5 Å². The van der Waals surface area contributed by atoms with E-state index in [0.717, 1.165) is 36.1 Å². The van der Waals surface area contributed by atoms with Crippen molar-refractivity contribution in [1.29, 1.82) is 0 Å². The molecule has 2 heterocycles. The molecule has 1 N–H and O–H groups in total. The fraction of sp³-hybridized carbons (Fsp3) is 0.316.